The van der Waals surface area contributed by atoms with E-state index in [1.54, 1.807) is 19.1 Å². The number of rotatable bonds is 5. The van der Waals surface area contributed by atoms with Gasteiger partial charge < -0.3 is 15.2 Å². The number of hydrogen-bond donors (Lipinski definition) is 2. The summed E-state index contributed by atoms with van der Waals surface area (Å²) in [6.45, 7) is 2.99. The molecular formula is C13H19BrN2O4S. The van der Waals surface area contributed by atoms with Gasteiger partial charge in [-0.2, -0.15) is 4.31 Å². The molecule has 8 heteroatoms. The average Bonchev–Trinajstić information content (AvgIpc) is 2.86. The summed E-state index contributed by atoms with van der Waals surface area (Å²) in [6, 6.07) is 4.39. The number of benzene rings is 1. The Balaban J connectivity index is 2.41. The standard InChI is InChI=1S/C13H19BrN2O4S/c1-3-20-12-5-4-9(14)6-13(12)21(18,19)16(2)10-7-15-8-11(10)17/h4-6,10-11,15,17H,3,7-8H2,1-2H3/t10-,11-/m0/s1. The Hall–Kier alpha value is -0.670. The van der Waals surface area contributed by atoms with Crippen LogP contribution in [0.15, 0.2) is 27.6 Å². The topological polar surface area (TPSA) is 78.9 Å². The monoisotopic (exact) mass is 378 g/mol. The minimum atomic E-state index is -3.75. The van der Waals surface area contributed by atoms with Gasteiger partial charge in [0.05, 0.1) is 18.8 Å². The van der Waals surface area contributed by atoms with E-state index in [4.69, 9.17) is 4.74 Å². The Bertz CT molecular complexity index is 608. The number of likely N-dealkylation sites (N-methyl/N-ethyl adjacent to an activating group) is 1. The molecule has 2 rings (SSSR count). The predicted molar refractivity (Wildman–Crippen MR) is 82.9 cm³/mol. The second-order valence-corrected chi connectivity index (χ2v) is 7.72. The number of ether oxygens (including phenoxy) is 1. The van der Waals surface area contributed by atoms with Crippen molar-refractivity contribution >= 4 is 26.0 Å². The van der Waals surface area contributed by atoms with Crippen molar-refractivity contribution in [2.45, 2.75) is 24.0 Å². The zero-order valence-corrected chi connectivity index (χ0v) is 14.3. The number of nitrogens with zero attached hydrogens (tertiary/aromatic N) is 1. The first kappa shape index (κ1) is 16.7. The normalized spacial score (nSPS) is 22.7. The highest BCUT2D eigenvalue weighted by Crippen LogP contribution is 2.31. The maximum atomic E-state index is 12.8. The van der Waals surface area contributed by atoms with Gasteiger partial charge in [0.15, 0.2) is 0 Å². The first-order valence-electron chi connectivity index (χ1n) is 6.67. The summed E-state index contributed by atoms with van der Waals surface area (Å²) in [5, 5.41) is 12.9. The molecule has 1 aromatic carbocycles. The van der Waals surface area contributed by atoms with Crippen molar-refractivity contribution in [1.82, 2.24) is 9.62 Å². The lowest BCUT2D eigenvalue weighted by atomic mass is 10.2. The molecule has 1 aliphatic rings. The van der Waals surface area contributed by atoms with E-state index in [9.17, 15) is 13.5 Å². The molecule has 2 atom stereocenters. The maximum absolute atomic E-state index is 12.8. The van der Waals surface area contributed by atoms with Crippen LogP contribution in [0.3, 0.4) is 0 Å². The fraction of sp³-hybridized carbons (Fsp3) is 0.538. The van der Waals surface area contributed by atoms with Gasteiger partial charge in [0.2, 0.25) is 10.0 Å². The molecule has 1 fully saturated rings. The molecule has 0 unspecified atom stereocenters. The molecule has 6 nitrogen and oxygen atoms in total. The van der Waals surface area contributed by atoms with Crippen molar-refractivity contribution < 1.29 is 18.3 Å². The minimum Gasteiger partial charge on any atom is -0.492 e. The van der Waals surface area contributed by atoms with Gasteiger partial charge in [-0.1, -0.05) is 15.9 Å². The molecule has 21 heavy (non-hydrogen) atoms. The van der Waals surface area contributed by atoms with Crippen LogP contribution in [0, 0.1) is 0 Å². The number of aliphatic hydroxyl groups excluding tert-OH is 1. The smallest absolute Gasteiger partial charge is 0.246 e. The fourth-order valence-corrected chi connectivity index (χ4v) is 4.37. The second kappa shape index (κ2) is 6.62. The van der Waals surface area contributed by atoms with Crippen LogP contribution in [0.5, 0.6) is 5.75 Å². The van der Waals surface area contributed by atoms with E-state index in [2.05, 4.69) is 21.2 Å². The van der Waals surface area contributed by atoms with E-state index in [1.807, 2.05) is 0 Å². The number of aliphatic hydroxyl groups is 1. The molecule has 0 bridgehead atoms. The first-order valence-corrected chi connectivity index (χ1v) is 8.90. The van der Waals surface area contributed by atoms with Gasteiger partial charge in [-0.15, -0.1) is 0 Å². The number of β-amino-alcohol motifs (C(OH)–C–C–N with tert-alkyl or cyclic N) is 1. The van der Waals surface area contributed by atoms with Gasteiger partial charge in [0, 0.05) is 24.6 Å². The molecule has 1 heterocycles. The lowest BCUT2D eigenvalue weighted by Crippen LogP contribution is -2.44. The van der Waals surface area contributed by atoms with Crippen molar-refractivity contribution in [3.63, 3.8) is 0 Å². The van der Waals surface area contributed by atoms with Crippen molar-refractivity contribution in [2.24, 2.45) is 0 Å². The third kappa shape index (κ3) is 3.40. The van der Waals surface area contributed by atoms with Crippen LogP contribution in [0.4, 0.5) is 0 Å². The van der Waals surface area contributed by atoms with Crippen molar-refractivity contribution in [3.05, 3.63) is 22.7 Å². The van der Waals surface area contributed by atoms with Gasteiger partial charge in [-0.05, 0) is 25.1 Å². The Labute approximate surface area is 133 Å². The fourth-order valence-electron chi connectivity index (χ4n) is 2.31. The number of halogens is 1. The molecule has 0 aliphatic carbocycles. The molecule has 1 aliphatic heterocycles. The zero-order chi connectivity index (χ0) is 15.6. The van der Waals surface area contributed by atoms with Crippen LogP contribution in [0.1, 0.15) is 6.92 Å². The van der Waals surface area contributed by atoms with Gasteiger partial charge in [-0.25, -0.2) is 8.42 Å². The predicted octanol–water partition coefficient (Wildman–Crippen LogP) is 0.801. The average molecular weight is 379 g/mol. The maximum Gasteiger partial charge on any atom is 0.246 e. The summed E-state index contributed by atoms with van der Waals surface area (Å²) < 4.78 is 32.9. The Morgan fingerprint density at radius 1 is 1.48 bits per heavy atom. The number of hydrogen-bond acceptors (Lipinski definition) is 5. The molecule has 1 saturated heterocycles. The third-order valence-corrected chi connectivity index (χ3v) is 5.88. The van der Waals surface area contributed by atoms with Crippen LogP contribution < -0.4 is 10.1 Å². The molecule has 0 saturated carbocycles. The largest absolute Gasteiger partial charge is 0.492 e. The van der Waals surface area contributed by atoms with Crippen LogP contribution in [0.2, 0.25) is 0 Å². The molecule has 0 radical (unpaired) electrons. The lowest BCUT2D eigenvalue weighted by molar-refractivity contribution is 0.136. The molecule has 0 amide bonds. The molecular weight excluding hydrogens is 360 g/mol. The van der Waals surface area contributed by atoms with Crippen molar-refractivity contribution in [3.8, 4) is 5.75 Å². The summed E-state index contributed by atoms with van der Waals surface area (Å²) in [4.78, 5) is 0.0975. The van der Waals surface area contributed by atoms with Crippen LogP contribution in [-0.2, 0) is 10.0 Å². The van der Waals surface area contributed by atoms with E-state index in [1.165, 1.54) is 17.4 Å². The Morgan fingerprint density at radius 3 is 2.76 bits per heavy atom. The highest BCUT2D eigenvalue weighted by molar-refractivity contribution is 9.10. The van der Waals surface area contributed by atoms with Crippen LogP contribution in [0.25, 0.3) is 0 Å². The van der Waals surface area contributed by atoms with E-state index in [0.717, 1.165) is 0 Å². The lowest BCUT2D eigenvalue weighted by Gasteiger charge is -2.26. The summed E-state index contributed by atoms with van der Waals surface area (Å²) in [6.07, 6.45) is -0.715. The number of nitrogens with one attached hydrogen (secondary N) is 1. The van der Waals surface area contributed by atoms with Crippen LogP contribution >= 0.6 is 15.9 Å². The first-order chi connectivity index (χ1) is 9.87. The molecule has 118 valence electrons. The minimum absolute atomic E-state index is 0.0975. The van der Waals surface area contributed by atoms with Crippen molar-refractivity contribution in [1.29, 1.82) is 0 Å². The van der Waals surface area contributed by atoms with E-state index >= 15 is 0 Å². The van der Waals surface area contributed by atoms with Gasteiger partial charge in [0.25, 0.3) is 0 Å². The summed E-state index contributed by atoms with van der Waals surface area (Å²) in [7, 11) is -2.27. The second-order valence-electron chi connectivity index (χ2n) is 4.84. The third-order valence-electron chi connectivity index (χ3n) is 3.48. The SMILES string of the molecule is CCOc1ccc(Br)cc1S(=O)(=O)N(C)[C@H]1CNC[C@@H]1O. The zero-order valence-electron chi connectivity index (χ0n) is 11.9. The van der Waals surface area contributed by atoms with E-state index in [-0.39, 0.29) is 4.90 Å². The Morgan fingerprint density at radius 2 is 2.19 bits per heavy atom. The molecule has 1 aromatic rings. The van der Waals surface area contributed by atoms with Crippen molar-refractivity contribution in [2.75, 3.05) is 26.7 Å². The quantitative estimate of drug-likeness (QED) is 0.792. The molecule has 0 aromatic heterocycles. The van der Waals surface area contributed by atoms with Crippen LogP contribution in [-0.4, -0.2) is 56.7 Å². The molecule has 0 spiro atoms. The van der Waals surface area contributed by atoms with Gasteiger partial charge in [0.1, 0.15) is 10.6 Å². The molecule has 2 N–H and O–H groups in total. The van der Waals surface area contributed by atoms with Gasteiger partial charge in [-0.3, -0.25) is 0 Å². The Kier molecular flexibility index (Phi) is 5.26. The van der Waals surface area contributed by atoms with E-state index in [0.29, 0.717) is 29.9 Å². The van der Waals surface area contributed by atoms with E-state index < -0.39 is 22.2 Å². The summed E-state index contributed by atoms with van der Waals surface area (Å²) in [5.41, 5.74) is 0. The highest BCUT2D eigenvalue weighted by atomic mass is 79.9. The summed E-state index contributed by atoms with van der Waals surface area (Å²) >= 11 is 3.28. The van der Waals surface area contributed by atoms with Gasteiger partial charge >= 0.3 is 0 Å². The summed E-state index contributed by atoms with van der Waals surface area (Å²) in [5.74, 6) is 0.313. The highest BCUT2D eigenvalue weighted by Gasteiger charge is 2.37. The number of sulfonamides is 1.